The third kappa shape index (κ3) is 2.56. The first-order valence-electron chi connectivity index (χ1n) is 5.12. The maximum absolute atomic E-state index is 10.1. The van der Waals surface area contributed by atoms with E-state index in [-0.39, 0.29) is 0 Å². The molecule has 0 radical (unpaired) electrons. The third-order valence-electron chi connectivity index (χ3n) is 2.62. The van der Waals surface area contributed by atoms with Gasteiger partial charge in [-0.3, -0.25) is 0 Å². The molecule has 0 saturated heterocycles. The SMILES string of the molecule is CCc1ccc(C(C)(O)CCN)cc1. The van der Waals surface area contributed by atoms with Crippen LogP contribution in [-0.4, -0.2) is 11.7 Å². The molecular weight excluding hydrogens is 174 g/mol. The van der Waals surface area contributed by atoms with Crippen LogP contribution in [0.5, 0.6) is 0 Å². The molecule has 0 aliphatic carbocycles. The summed E-state index contributed by atoms with van der Waals surface area (Å²) in [5, 5.41) is 10.1. The lowest BCUT2D eigenvalue weighted by molar-refractivity contribution is 0.0504. The van der Waals surface area contributed by atoms with Crippen molar-refractivity contribution < 1.29 is 5.11 Å². The molecule has 0 fully saturated rings. The third-order valence-corrected chi connectivity index (χ3v) is 2.62. The van der Waals surface area contributed by atoms with Crippen LogP contribution in [0.2, 0.25) is 0 Å². The molecule has 14 heavy (non-hydrogen) atoms. The summed E-state index contributed by atoms with van der Waals surface area (Å²) in [6.07, 6.45) is 1.62. The van der Waals surface area contributed by atoms with Gasteiger partial charge in [-0.05, 0) is 37.4 Å². The second kappa shape index (κ2) is 4.58. The van der Waals surface area contributed by atoms with E-state index in [0.717, 1.165) is 12.0 Å². The minimum absolute atomic E-state index is 0.503. The van der Waals surface area contributed by atoms with Crippen LogP contribution in [0.3, 0.4) is 0 Å². The molecule has 3 N–H and O–H groups in total. The standard InChI is InChI=1S/C12H19NO/c1-3-10-4-6-11(7-5-10)12(2,14)8-9-13/h4-7,14H,3,8-9,13H2,1-2H3. The Kier molecular flexibility index (Phi) is 3.67. The maximum Gasteiger partial charge on any atom is 0.0880 e. The van der Waals surface area contributed by atoms with Crippen molar-refractivity contribution in [3.8, 4) is 0 Å². The largest absolute Gasteiger partial charge is 0.385 e. The van der Waals surface area contributed by atoms with Crippen LogP contribution in [0.15, 0.2) is 24.3 Å². The number of aryl methyl sites for hydroxylation is 1. The smallest absolute Gasteiger partial charge is 0.0880 e. The summed E-state index contributed by atoms with van der Waals surface area (Å²) in [5.41, 5.74) is 6.89. The molecule has 1 rings (SSSR count). The molecule has 0 aromatic heterocycles. The summed E-state index contributed by atoms with van der Waals surface area (Å²) in [5.74, 6) is 0. The van der Waals surface area contributed by atoms with Gasteiger partial charge in [0.1, 0.15) is 0 Å². The van der Waals surface area contributed by atoms with Crippen LogP contribution in [0.4, 0.5) is 0 Å². The summed E-state index contributed by atoms with van der Waals surface area (Å²) < 4.78 is 0. The quantitative estimate of drug-likeness (QED) is 0.766. The monoisotopic (exact) mass is 193 g/mol. The molecule has 0 heterocycles. The van der Waals surface area contributed by atoms with Crippen molar-refractivity contribution in [2.24, 2.45) is 5.73 Å². The summed E-state index contributed by atoms with van der Waals surface area (Å²) in [4.78, 5) is 0. The minimum Gasteiger partial charge on any atom is -0.385 e. The van der Waals surface area contributed by atoms with Gasteiger partial charge in [0.2, 0.25) is 0 Å². The molecule has 0 aliphatic rings. The number of benzene rings is 1. The molecule has 1 aromatic carbocycles. The summed E-state index contributed by atoms with van der Waals surface area (Å²) in [6.45, 7) is 4.43. The first kappa shape index (κ1) is 11.2. The van der Waals surface area contributed by atoms with Gasteiger partial charge in [-0.1, -0.05) is 31.2 Å². The highest BCUT2D eigenvalue weighted by Crippen LogP contribution is 2.23. The number of hydrogen-bond acceptors (Lipinski definition) is 2. The Labute approximate surface area is 85.8 Å². The molecule has 1 aromatic rings. The van der Waals surface area contributed by atoms with Crippen molar-refractivity contribution in [2.45, 2.75) is 32.3 Å². The van der Waals surface area contributed by atoms with Crippen molar-refractivity contribution in [3.05, 3.63) is 35.4 Å². The molecule has 0 aliphatic heterocycles. The van der Waals surface area contributed by atoms with Crippen molar-refractivity contribution in [3.63, 3.8) is 0 Å². The summed E-state index contributed by atoms with van der Waals surface area (Å²) in [7, 11) is 0. The molecule has 1 unspecified atom stereocenters. The van der Waals surface area contributed by atoms with E-state index < -0.39 is 5.60 Å². The van der Waals surface area contributed by atoms with Crippen molar-refractivity contribution in [1.29, 1.82) is 0 Å². The van der Waals surface area contributed by atoms with Gasteiger partial charge >= 0.3 is 0 Å². The normalized spacial score (nSPS) is 15.1. The zero-order chi connectivity index (χ0) is 10.6. The molecule has 0 bridgehead atoms. The number of hydrogen-bond donors (Lipinski definition) is 2. The van der Waals surface area contributed by atoms with E-state index in [1.54, 1.807) is 6.92 Å². The fourth-order valence-corrected chi connectivity index (χ4v) is 1.52. The Morgan fingerprint density at radius 3 is 2.29 bits per heavy atom. The van der Waals surface area contributed by atoms with Crippen LogP contribution in [-0.2, 0) is 12.0 Å². The average molecular weight is 193 g/mol. The second-order valence-corrected chi connectivity index (χ2v) is 3.86. The number of rotatable bonds is 4. The second-order valence-electron chi connectivity index (χ2n) is 3.86. The summed E-state index contributed by atoms with van der Waals surface area (Å²) in [6, 6.07) is 8.07. The van der Waals surface area contributed by atoms with Gasteiger partial charge in [-0.25, -0.2) is 0 Å². The van der Waals surface area contributed by atoms with Crippen LogP contribution in [0.1, 0.15) is 31.4 Å². The van der Waals surface area contributed by atoms with E-state index >= 15 is 0 Å². The molecule has 2 heteroatoms. The van der Waals surface area contributed by atoms with E-state index in [1.165, 1.54) is 5.56 Å². The van der Waals surface area contributed by atoms with Gasteiger partial charge in [0, 0.05) is 0 Å². The highest BCUT2D eigenvalue weighted by molar-refractivity contribution is 5.26. The van der Waals surface area contributed by atoms with Crippen molar-refractivity contribution in [1.82, 2.24) is 0 Å². The lowest BCUT2D eigenvalue weighted by Crippen LogP contribution is -2.24. The van der Waals surface area contributed by atoms with E-state index in [4.69, 9.17) is 5.73 Å². The van der Waals surface area contributed by atoms with E-state index in [0.29, 0.717) is 13.0 Å². The van der Waals surface area contributed by atoms with Gasteiger partial charge in [-0.2, -0.15) is 0 Å². The molecule has 78 valence electrons. The van der Waals surface area contributed by atoms with Crippen LogP contribution in [0, 0.1) is 0 Å². The van der Waals surface area contributed by atoms with Gasteiger partial charge in [0.05, 0.1) is 5.60 Å². The van der Waals surface area contributed by atoms with E-state index in [1.807, 2.05) is 12.1 Å². The van der Waals surface area contributed by atoms with Gasteiger partial charge < -0.3 is 10.8 Å². The highest BCUT2D eigenvalue weighted by atomic mass is 16.3. The first-order valence-corrected chi connectivity index (χ1v) is 5.12. The molecular formula is C12H19NO. The van der Waals surface area contributed by atoms with Crippen LogP contribution >= 0.6 is 0 Å². The Balaban J connectivity index is 2.85. The minimum atomic E-state index is -0.791. The van der Waals surface area contributed by atoms with E-state index in [2.05, 4.69) is 19.1 Å². The molecule has 0 amide bonds. The summed E-state index contributed by atoms with van der Waals surface area (Å²) >= 11 is 0. The van der Waals surface area contributed by atoms with Crippen molar-refractivity contribution >= 4 is 0 Å². The van der Waals surface area contributed by atoms with Gasteiger partial charge in [0.15, 0.2) is 0 Å². The fraction of sp³-hybridized carbons (Fsp3) is 0.500. The zero-order valence-electron chi connectivity index (χ0n) is 8.96. The Bertz CT molecular complexity index is 277. The molecule has 0 saturated carbocycles. The predicted molar refractivity (Wildman–Crippen MR) is 59.1 cm³/mol. The van der Waals surface area contributed by atoms with Gasteiger partial charge in [-0.15, -0.1) is 0 Å². The van der Waals surface area contributed by atoms with E-state index in [9.17, 15) is 5.11 Å². The lowest BCUT2D eigenvalue weighted by Gasteiger charge is -2.23. The number of aliphatic hydroxyl groups is 1. The maximum atomic E-state index is 10.1. The Hall–Kier alpha value is -0.860. The Morgan fingerprint density at radius 2 is 1.86 bits per heavy atom. The molecule has 1 atom stereocenters. The number of nitrogens with two attached hydrogens (primary N) is 1. The average Bonchev–Trinajstić information content (AvgIpc) is 2.18. The molecule has 0 spiro atoms. The van der Waals surface area contributed by atoms with Crippen LogP contribution in [0.25, 0.3) is 0 Å². The van der Waals surface area contributed by atoms with Gasteiger partial charge in [0.25, 0.3) is 0 Å². The highest BCUT2D eigenvalue weighted by Gasteiger charge is 2.21. The predicted octanol–water partition coefficient (Wildman–Crippen LogP) is 1.81. The zero-order valence-corrected chi connectivity index (χ0v) is 8.96. The first-order chi connectivity index (χ1) is 6.60. The topological polar surface area (TPSA) is 46.2 Å². The lowest BCUT2D eigenvalue weighted by atomic mass is 9.92. The van der Waals surface area contributed by atoms with Crippen LogP contribution < -0.4 is 5.73 Å². The Morgan fingerprint density at radius 1 is 1.29 bits per heavy atom. The van der Waals surface area contributed by atoms with Crippen molar-refractivity contribution in [2.75, 3.05) is 6.54 Å². The fourth-order valence-electron chi connectivity index (χ4n) is 1.52. The molecule has 2 nitrogen and oxygen atoms in total.